The minimum absolute atomic E-state index is 0.625. The van der Waals surface area contributed by atoms with Gasteiger partial charge in [-0.15, -0.1) is 10.2 Å². The van der Waals surface area contributed by atoms with Crippen molar-refractivity contribution in [2.24, 2.45) is 0 Å². The Balaban J connectivity index is 1.61. The Kier molecular flexibility index (Phi) is 5.88. The third-order valence-corrected chi connectivity index (χ3v) is 5.97. The summed E-state index contributed by atoms with van der Waals surface area (Å²) in [7, 11) is 1.69. The van der Waals surface area contributed by atoms with Crippen LogP contribution in [0.3, 0.4) is 0 Å². The molecule has 33 heavy (non-hydrogen) atoms. The van der Waals surface area contributed by atoms with E-state index in [-0.39, 0.29) is 0 Å². The quantitative estimate of drug-likeness (QED) is 0.455. The number of methoxy groups -OCH3 is 1. The molecule has 6 heteroatoms. The summed E-state index contributed by atoms with van der Waals surface area (Å²) in [6.07, 6.45) is 0.787. The van der Waals surface area contributed by atoms with Gasteiger partial charge in [0.25, 0.3) is 0 Å². The molecule has 0 saturated carbocycles. The summed E-state index contributed by atoms with van der Waals surface area (Å²) in [5.41, 5.74) is 4.76. The number of hydrogen-bond donors (Lipinski definition) is 0. The largest absolute Gasteiger partial charge is 0.497 e. The average Bonchev–Trinajstić information content (AvgIpc) is 2.88. The molecule has 0 amide bonds. The van der Waals surface area contributed by atoms with Crippen molar-refractivity contribution >= 4 is 16.6 Å². The van der Waals surface area contributed by atoms with Crippen LogP contribution in [-0.2, 0) is 11.2 Å². The van der Waals surface area contributed by atoms with Crippen molar-refractivity contribution in [2.45, 2.75) is 6.42 Å². The lowest BCUT2D eigenvalue weighted by molar-refractivity contribution is 0.122. The molecule has 164 valence electrons. The monoisotopic (exact) mass is 436 g/mol. The van der Waals surface area contributed by atoms with E-state index >= 15 is 0 Å². The maximum atomic E-state index is 9.16. The summed E-state index contributed by atoms with van der Waals surface area (Å²) in [6, 6.07) is 24.3. The van der Waals surface area contributed by atoms with E-state index in [1.165, 1.54) is 11.1 Å². The molecule has 0 spiro atoms. The maximum absolute atomic E-state index is 9.16. The van der Waals surface area contributed by atoms with Crippen LogP contribution in [0.25, 0.3) is 22.0 Å². The normalized spacial score (nSPS) is 13.6. The van der Waals surface area contributed by atoms with E-state index in [2.05, 4.69) is 51.5 Å². The van der Waals surface area contributed by atoms with Crippen molar-refractivity contribution in [1.82, 2.24) is 10.2 Å². The highest BCUT2D eigenvalue weighted by atomic mass is 16.5. The first-order chi connectivity index (χ1) is 16.2. The van der Waals surface area contributed by atoms with Crippen LogP contribution in [-0.4, -0.2) is 43.6 Å². The molecule has 1 aliphatic heterocycles. The van der Waals surface area contributed by atoms with Crippen LogP contribution in [0.2, 0.25) is 0 Å². The predicted molar refractivity (Wildman–Crippen MR) is 129 cm³/mol. The molecule has 3 aromatic carbocycles. The number of hydrogen-bond acceptors (Lipinski definition) is 6. The smallest absolute Gasteiger partial charge is 0.159 e. The van der Waals surface area contributed by atoms with Gasteiger partial charge >= 0.3 is 0 Å². The van der Waals surface area contributed by atoms with Gasteiger partial charge in [0.1, 0.15) is 11.4 Å². The van der Waals surface area contributed by atoms with Gasteiger partial charge in [-0.2, -0.15) is 5.26 Å². The fraction of sp³-hybridized carbons (Fsp3) is 0.222. The molecule has 0 radical (unpaired) electrons. The van der Waals surface area contributed by atoms with Crippen molar-refractivity contribution in [3.8, 4) is 23.1 Å². The molecule has 0 N–H and O–H groups in total. The number of fused-ring (bicyclic) bond motifs is 1. The highest BCUT2D eigenvalue weighted by Crippen LogP contribution is 2.33. The Labute approximate surface area is 193 Å². The van der Waals surface area contributed by atoms with Crippen molar-refractivity contribution in [3.63, 3.8) is 0 Å². The predicted octanol–water partition coefficient (Wildman–Crippen LogP) is 4.60. The van der Waals surface area contributed by atoms with Crippen molar-refractivity contribution < 1.29 is 9.47 Å². The Hall–Kier alpha value is -3.95. The molecule has 5 rings (SSSR count). The van der Waals surface area contributed by atoms with Gasteiger partial charge in [-0.3, -0.25) is 0 Å². The SMILES string of the molecule is COc1cccc(Cc2ccc3c(N4CCOCC4)nnc(-c4ccc(C#N)cc4)c3c2)c1. The van der Waals surface area contributed by atoms with E-state index in [9.17, 15) is 0 Å². The first-order valence-electron chi connectivity index (χ1n) is 11.0. The van der Waals surface area contributed by atoms with Crippen molar-refractivity contribution in [1.29, 1.82) is 5.26 Å². The fourth-order valence-electron chi connectivity index (χ4n) is 4.24. The molecular formula is C27H24N4O2. The molecule has 4 aromatic rings. The van der Waals surface area contributed by atoms with E-state index in [0.717, 1.165) is 53.1 Å². The van der Waals surface area contributed by atoms with Gasteiger partial charge in [0, 0.05) is 29.4 Å². The number of nitrogens with zero attached hydrogens (tertiary/aromatic N) is 4. The summed E-state index contributed by atoms with van der Waals surface area (Å²) in [4.78, 5) is 2.24. The molecule has 0 bridgehead atoms. The van der Waals surface area contributed by atoms with Crippen LogP contribution in [0.15, 0.2) is 66.7 Å². The minimum Gasteiger partial charge on any atom is -0.497 e. The zero-order chi connectivity index (χ0) is 22.6. The van der Waals surface area contributed by atoms with Gasteiger partial charge in [-0.05, 0) is 47.9 Å². The molecular weight excluding hydrogens is 412 g/mol. The lowest BCUT2D eigenvalue weighted by Crippen LogP contribution is -2.37. The standard InChI is InChI=1S/C27H24N4O2/c1-32-23-4-2-3-20(16-23)15-21-7-10-24-25(17-21)26(22-8-5-19(18-28)6-9-22)29-30-27(24)31-11-13-33-14-12-31/h2-10,16-17H,11-15H2,1H3. The van der Waals surface area contributed by atoms with Crippen molar-refractivity contribution in [3.05, 3.63) is 83.4 Å². The number of rotatable bonds is 5. The second-order valence-electron chi connectivity index (χ2n) is 8.07. The molecule has 0 atom stereocenters. The molecule has 6 nitrogen and oxygen atoms in total. The molecule has 1 aromatic heterocycles. The Morgan fingerprint density at radius 1 is 0.939 bits per heavy atom. The first kappa shape index (κ1) is 20.9. The van der Waals surface area contributed by atoms with Gasteiger partial charge in [0.2, 0.25) is 0 Å². The number of morpholine rings is 1. The molecule has 1 aliphatic rings. The zero-order valence-electron chi connectivity index (χ0n) is 18.5. The van der Waals surface area contributed by atoms with Gasteiger partial charge in [0.05, 0.1) is 32.0 Å². The number of benzene rings is 3. The van der Waals surface area contributed by atoms with Gasteiger partial charge < -0.3 is 14.4 Å². The van der Waals surface area contributed by atoms with E-state index in [4.69, 9.17) is 14.7 Å². The summed E-state index contributed by atoms with van der Waals surface area (Å²) in [6.45, 7) is 2.97. The van der Waals surface area contributed by atoms with Gasteiger partial charge in [-0.25, -0.2) is 0 Å². The Bertz CT molecular complexity index is 1320. The molecule has 2 heterocycles. The van der Waals surface area contributed by atoms with Crippen LogP contribution in [0, 0.1) is 11.3 Å². The average molecular weight is 437 g/mol. The second kappa shape index (κ2) is 9.27. The molecule has 1 saturated heterocycles. The number of anilines is 1. The summed E-state index contributed by atoms with van der Waals surface area (Å²) in [5, 5.41) is 20.6. The van der Waals surface area contributed by atoms with Crippen LogP contribution in [0.1, 0.15) is 16.7 Å². The van der Waals surface area contributed by atoms with Crippen molar-refractivity contribution in [2.75, 3.05) is 38.3 Å². The lowest BCUT2D eigenvalue weighted by atomic mass is 9.98. The highest BCUT2D eigenvalue weighted by Gasteiger charge is 2.19. The van der Waals surface area contributed by atoms with Crippen LogP contribution in [0.5, 0.6) is 5.75 Å². The zero-order valence-corrected chi connectivity index (χ0v) is 18.5. The topological polar surface area (TPSA) is 71.3 Å². The summed E-state index contributed by atoms with van der Waals surface area (Å²) < 4.78 is 10.9. The van der Waals surface area contributed by atoms with E-state index in [1.807, 2.05) is 36.4 Å². The van der Waals surface area contributed by atoms with Gasteiger partial charge in [-0.1, -0.05) is 36.4 Å². The van der Waals surface area contributed by atoms with Crippen LogP contribution < -0.4 is 9.64 Å². The highest BCUT2D eigenvalue weighted by molar-refractivity contribution is 6.00. The number of ether oxygens (including phenoxy) is 2. The second-order valence-corrected chi connectivity index (χ2v) is 8.07. The molecule has 0 unspecified atom stereocenters. The third-order valence-electron chi connectivity index (χ3n) is 5.97. The van der Waals surface area contributed by atoms with E-state index < -0.39 is 0 Å². The van der Waals surface area contributed by atoms with E-state index in [1.54, 1.807) is 7.11 Å². The summed E-state index contributed by atoms with van der Waals surface area (Å²) in [5.74, 6) is 1.74. The number of nitriles is 1. The maximum Gasteiger partial charge on any atom is 0.159 e. The van der Waals surface area contributed by atoms with Crippen LogP contribution >= 0.6 is 0 Å². The number of aromatic nitrogens is 2. The third kappa shape index (κ3) is 4.36. The Morgan fingerprint density at radius 2 is 1.73 bits per heavy atom. The first-order valence-corrected chi connectivity index (χ1v) is 11.0. The summed E-state index contributed by atoms with van der Waals surface area (Å²) >= 11 is 0. The van der Waals surface area contributed by atoms with E-state index in [0.29, 0.717) is 18.8 Å². The fourth-order valence-corrected chi connectivity index (χ4v) is 4.24. The van der Waals surface area contributed by atoms with Crippen LogP contribution in [0.4, 0.5) is 5.82 Å². The molecule has 1 fully saturated rings. The minimum atomic E-state index is 0.625. The Morgan fingerprint density at radius 3 is 2.48 bits per heavy atom. The lowest BCUT2D eigenvalue weighted by Gasteiger charge is -2.28. The van der Waals surface area contributed by atoms with Gasteiger partial charge in [0.15, 0.2) is 5.82 Å². The molecule has 0 aliphatic carbocycles.